The van der Waals surface area contributed by atoms with Gasteiger partial charge in [0.2, 0.25) is 5.91 Å². The summed E-state index contributed by atoms with van der Waals surface area (Å²) in [5.41, 5.74) is 1.16. The van der Waals surface area contributed by atoms with Gasteiger partial charge in [0.1, 0.15) is 0 Å². The number of carbonyl (C=O) groups is 1. The summed E-state index contributed by atoms with van der Waals surface area (Å²) in [5.74, 6) is 1.93. The molecule has 1 atom stereocenters. The summed E-state index contributed by atoms with van der Waals surface area (Å²) >= 11 is 0. The van der Waals surface area contributed by atoms with Gasteiger partial charge in [-0.25, -0.2) is 0 Å². The second-order valence-electron chi connectivity index (χ2n) is 11.2. The summed E-state index contributed by atoms with van der Waals surface area (Å²) in [6, 6.07) is 15.4. The Kier molecular flexibility index (Phi) is 12.0. The van der Waals surface area contributed by atoms with Gasteiger partial charge in [-0.1, -0.05) is 61.7 Å². The molecule has 4 rings (SSSR count). The lowest BCUT2D eigenvalue weighted by molar-refractivity contribution is -0.131. The molecule has 1 heterocycles. The first-order chi connectivity index (χ1) is 17.1. The van der Waals surface area contributed by atoms with E-state index in [1.165, 1.54) is 68.7 Å². The summed E-state index contributed by atoms with van der Waals surface area (Å²) in [6.07, 6.45) is 13.8. The second kappa shape index (κ2) is 15.0. The molecule has 1 aliphatic heterocycles. The van der Waals surface area contributed by atoms with Crippen molar-refractivity contribution < 1.29 is 4.79 Å². The number of amides is 1. The van der Waals surface area contributed by atoms with E-state index in [1.807, 2.05) is 0 Å². The molecule has 1 N–H and O–H groups in total. The van der Waals surface area contributed by atoms with Crippen molar-refractivity contribution in [2.75, 3.05) is 40.3 Å². The molecule has 2 fully saturated rings. The number of hydrogen-bond acceptors (Lipinski definition) is 3. The summed E-state index contributed by atoms with van der Waals surface area (Å²) in [4.78, 5) is 18.0. The van der Waals surface area contributed by atoms with Crippen LogP contribution >= 0.6 is 12.4 Å². The highest BCUT2D eigenvalue weighted by Gasteiger charge is 2.27. The molecule has 2 aromatic carbocycles. The number of carbonyl (C=O) groups excluding carboxylic acids is 1. The molecule has 200 valence electrons. The monoisotopic (exact) mass is 513 g/mol. The summed E-state index contributed by atoms with van der Waals surface area (Å²) in [7, 11) is 4.44. The Labute approximate surface area is 225 Å². The molecular weight excluding hydrogens is 466 g/mol. The summed E-state index contributed by atoms with van der Waals surface area (Å²) in [5, 5.41) is 5.77. The minimum absolute atomic E-state index is 0. The smallest absolute Gasteiger partial charge is 0.227 e. The maximum absolute atomic E-state index is 13.2. The number of halogens is 1. The number of piperidine rings is 1. The molecule has 0 radical (unpaired) electrons. The number of nitrogens with zero attached hydrogens (tertiary/aromatic N) is 2. The van der Waals surface area contributed by atoms with Crippen molar-refractivity contribution in [3.05, 3.63) is 48.0 Å². The van der Waals surface area contributed by atoms with Gasteiger partial charge in [0.15, 0.2) is 0 Å². The van der Waals surface area contributed by atoms with E-state index in [9.17, 15) is 4.79 Å². The van der Waals surface area contributed by atoms with Gasteiger partial charge in [-0.3, -0.25) is 4.79 Å². The number of fused-ring (bicyclic) bond motifs is 1. The lowest BCUT2D eigenvalue weighted by atomic mass is 9.86. The molecule has 2 aromatic rings. The number of likely N-dealkylation sites (tertiary alicyclic amines) is 1. The van der Waals surface area contributed by atoms with Gasteiger partial charge in [0.05, 0.1) is 6.42 Å². The molecule has 4 nitrogen and oxygen atoms in total. The van der Waals surface area contributed by atoms with Crippen LogP contribution < -0.4 is 5.32 Å². The highest BCUT2D eigenvalue weighted by molar-refractivity contribution is 5.90. The largest absolute Gasteiger partial charge is 0.342 e. The molecule has 0 spiro atoms. The Balaban J connectivity index is 0.00000361. The fourth-order valence-corrected chi connectivity index (χ4v) is 6.48. The topological polar surface area (TPSA) is 35.6 Å². The number of rotatable bonds is 11. The van der Waals surface area contributed by atoms with Crippen LogP contribution in [0.5, 0.6) is 0 Å². The quantitative estimate of drug-likeness (QED) is 0.357. The number of hydrogen-bond donors (Lipinski definition) is 1. The van der Waals surface area contributed by atoms with Crippen LogP contribution in [-0.4, -0.2) is 62.0 Å². The van der Waals surface area contributed by atoms with Gasteiger partial charge in [-0.2, -0.15) is 0 Å². The van der Waals surface area contributed by atoms with E-state index in [2.05, 4.69) is 71.7 Å². The zero-order valence-electron chi connectivity index (χ0n) is 22.6. The fraction of sp³-hybridized carbons (Fsp3) is 0.645. The van der Waals surface area contributed by atoms with E-state index >= 15 is 0 Å². The zero-order chi connectivity index (χ0) is 24.5. The molecule has 2 aliphatic rings. The van der Waals surface area contributed by atoms with E-state index in [0.29, 0.717) is 18.4 Å². The Morgan fingerprint density at radius 3 is 2.47 bits per heavy atom. The van der Waals surface area contributed by atoms with Gasteiger partial charge in [0, 0.05) is 25.7 Å². The minimum Gasteiger partial charge on any atom is -0.342 e. The lowest BCUT2D eigenvalue weighted by Crippen LogP contribution is -2.42. The highest BCUT2D eigenvalue weighted by Crippen LogP contribution is 2.29. The van der Waals surface area contributed by atoms with Gasteiger partial charge >= 0.3 is 0 Å². The Hall–Kier alpha value is -1.62. The predicted molar refractivity (Wildman–Crippen MR) is 155 cm³/mol. The van der Waals surface area contributed by atoms with Crippen molar-refractivity contribution in [3.8, 4) is 0 Å². The van der Waals surface area contributed by atoms with Crippen molar-refractivity contribution in [2.24, 2.45) is 11.8 Å². The van der Waals surface area contributed by atoms with Crippen LogP contribution in [0.4, 0.5) is 0 Å². The lowest BCUT2D eigenvalue weighted by Gasteiger charge is -2.38. The van der Waals surface area contributed by atoms with Crippen molar-refractivity contribution in [1.29, 1.82) is 0 Å². The molecule has 1 saturated carbocycles. The molecule has 5 heteroatoms. The summed E-state index contributed by atoms with van der Waals surface area (Å²) in [6.45, 7) is 4.22. The van der Waals surface area contributed by atoms with Gasteiger partial charge in [-0.15, -0.1) is 12.4 Å². The first-order valence-electron chi connectivity index (χ1n) is 14.2. The zero-order valence-corrected chi connectivity index (χ0v) is 23.4. The molecule has 1 unspecified atom stereocenters. The van der Waals surface area contributed by atoms with Crippen LogP contribution in [0.25, 0.3) is 10.8 Å². The van der Waals surface area contributed by atoms with Crippen molar-refractivity contribution in [2.45, 2.75) is 76.7 Å². The third kappa shape index (κ3) is 8.19. The van der Waals surface area contributed by atoms with E-state index in [0.717, 1.165) is 49.9 Å². The third-order valence-corrected chi connectivity index (χ3v) is 8.65. The van der Waals surface area contributed by atoms with Crippen LogP contribution in [-0.2, 0) is 11.2 Å². The van der Waals surface area contributed by atoms with Crippen molar-refractivity contribution in [3.63, 3.8) is 0 Å². The average molecular weight is 514 g/mol. The molecule has 1 aliphatic carbocycles. The molecule has 0 aromatic heterocycles. The van der Waals surface area contributed by atoms with Crippen molar-refractivity contribution >= 4 is 29.1 Å². The average Bonchev–Trinajstić information content (AvgIpc) is 2.89. The molecule has 1 amide bonds. The van der Waals surface area contributed by atoms with Gasteiger partial charge in [0.25, 0.3) is 0 Å². The van der Waals surface area contributed by atoms with Crippen molar-refractivity contribution in [1.82, 2.24) is 15.1 Å². The first-order valence-corrected chi connectivity index (χ1v) is 14.2. The standard InChI is InChI=1S/C31H47N3O.ClH/c1-32-19-9-15-29(33(2)24-26-10-4-3-5-11-26)22-25-17-20-34(21-18-25)31(35)23-28-14-8-13-27-12-6-7-16-30(27)28;/h6-8,12-14,16,25-26,29,32H,3-5,9-11,15,17-24H2,1-2H3;1H. The number of benzene rings is 2. The van der Waals surface area contributed by atoms with Crippen LogP contribution in [0.3, 0.4) is 0 Å². The Bertz CT molecular complexity index is 916. The first kappa shape index (κ1) is 28.9. The Morgan fingerprint density at radius 2 is 1.72 bits per heavy atom. The summed E-state index contributed by atoms with van der Waals surface area (Å²) < 4.78 is 0. The van der Waals surface area contributed by atoms with E-state index in [-0.39, 0.29) is 12.4 Å². The highest BCUT2D eigenvalue weighted by atomic mass is 35.5. The predicted octanol–water partition coefficient (Wildman–Crippen LogP) is 6.31. The normalized spacial score (nSPS) is 18.4. The van der Waals surface area contributed by atoms with Gasteiger partial charge < -0.3 is 15.1 Å². The maximum atomic E-state index is 13.2. The SMILES string of the molecule is CNCCCC(CC1CCN(C(=O)Cc2cccc3ccccc23)CC1)N(C)CC1CCCCC1.Cl. The van der Waals surface area contributed by atoms with E-state index < -0.39 is 0 Å². The van der Waals surface area contributed by atoms with Crippen LogP contribution in [0.15, 0.2) is 42.5 Å². The second-order valence-corrected chi connectivity index (χ2v) is 11.2. The van der Waals surface area contributed by atoms with E-state index in [4.69, 9.17) is 0 Å². The van der Waals surface area contributed by atoms with Crippen LogP contribution in [0, 0.1) is 11.8 Å². The van der Waals surface area contributed by atoms with Gasteiger partial charge in [-0.05, 0) is 93.8 Å². The minimum atomic E-state index is 0. The van der Waals surface area contributed by atoms with Crippen LogP contribution in [0.1, 0.15) is 69.8 Å². The number of nitrogens with one attached hydrogen (secondary N) is 1. The molecular formula is C31H48ClN3O. The fourth-order valence-electron chi connectivity index (χ4n) is 6.48. The molecule has 0 bridgehead atoms. The molecule has 1 saturated heterocycles. The van der Waals surface area contributed by atoms with Crippen LogP contribution in [0.2, 0.25) is 0 Å². The molecule has 36 heavy (non-hydrogen) atoms. The Morgan fingerprint density at radius 1 is 1.00 bits per heavy atom. The van der Waals surface area contributed by atoms with E-state index in [1.54, 1.807) is 0 Å². The maximum Gasteiger partial charge on any atom is 0.227 e. The third-order valence-electron chi connectivity index (χ3n) is 8.65.